The summed E-state index contributed by atoms with van der Waals surface area (Å²) in [5.41, 5.74) is 2.44. The van der Waals surface area contributed by atoms with Crippen LogP contribution in [-0.2, 0) is 13.1 Å². The molecule has 4 heteroatoms. The van der Waals surface area contributed by atoms with Crippen LogP contribution in [0.15, 0.2) is 54.9 Å². The van der Waals surface area contributed by atoms with Gasteiger partial charge >= 0.3 is 0 Å². The van der Waals surface area contributed by atoms with Crippen LogP contribution in [0.4, 0.5) is 5.95 Å². The van der Waals surface area contributed by atoms with Crippen LogP contribution in [0.25, 0.3) is 0 Å². The lowest BCUT2D eigenvalue weighted by molar-refractivity contribution is 0.313. The molecule has 1 aromatic heterocycles. The van der Waals surface area contributed by atoms with Crippen molar-refractivity contribution < 1.29 is 0 Å². The van der Waals surface area contributed by atoms with Gasteiger partial charge in [0, 0.05) is 44.1 Å². The van der Waals surface area contributed by atoms with Gasteiger partial charge < -0.3 is 5.32 Å². The molecule has 2 heterocycles. The van der Waals surface area contributed by atoms with E-state index in [2.05, 4.69) is 44.5 Å². The molecular weight excluding hydrogens is 296 g/mol. The number of nitrogens with one attached hydrogen (secondary N) is 1. The van der Waals surface area contributed by atoms with Gasteiger partial charge in [-0.15, -0.1) is 0 Å². The molecule has 1 fully saturated rings. The first-order chi connectivity index (χ1) is 11.9. The van der Waals surface area contributed by atoms with Gasteiger partial charge in [0.25, 0.3) is 0 Å². The van der Waals surface area contributed by atoms with Crippen LogP contribution in [0.5, 0.6) is 0 Å². The molecule has 0 amide bonds. The van der Waals surface area contributed by atoms with Gasteiger partial charge in [0.15, 0.2) is 0 Å². The van der Waals surface area contributed by atoms with Crippen molar-refractivity contribution in [3.63, 3.8) is 0 Å². The quantitative estimate of drug-likeness (QED) is 0.856. The number of aromatic nitrogens is 2. The molecule has 4 nitrogen and oxygen atoms in total. The Morgan fingerprint density at radius 3 is 2.25 bits per heavy atom. The number of anilines is 1. The number of benzene rings is 1. The van der Waals surface area contributed by atoms with Gasteiger partial charge in [-0.25, -0.2) is 9.97 Å². The third-order valence-corrected chi connectivity index (χ3v) is 5.10. The van der Waals surface area contributed by atoms with E-state index >= 15 is 0 Å². The van der Waals surface area contributed by atoms with Crippen LogP contribution < -0.4 is 5.32 Å². The van der Waals surface area contributed by atoms with E-state index in [-0.39, 0.29) is 0 Å². The molecule has 2 aliphatic rings. The maximum Gasteiger partial charge on any atom is 0.222 e. The maximum atomic E-state index is 4.47. The summed E-state index contributed by atoms with van der Waals surface area (Å²) >= 11 is 0. The Hall–Kier alpha value is -2.20. The van der Waals surface area contributed by atoms with Crippen LogP contribution in [-0.4, -0.2) is 28.0 Å². The molecule has 0 saturated carbocycles. The normalized spacial score (nSPS) is 23.2. The summed E-state index contributed by atoms with van der Waals surface area (Å²) in [6, 6.07) is 10.3. The minimum Gasteiger partial charge on any atom is -0.350 e. The Balaban J connectivity index is 1.30. The molecule has 1 N–H and O–H groups in total. The summed E-state index contributed by atoms with van der Waals surface area (Å²) in [4.78, 5) is 11.5. The molecule has 0 unspecified atom stereocenters. The Morgan fingerprint density at radius 1 is 0.917 bits per heavy atom. The molecule has 1 aromatic carbocycles. The van der Waals surface area contributed by atoms with Crippen LogP contribution in [0.3, 0.4) is 0 Å². The van der Waals surface area contributed by atoms with E-state index in [1.807, 2.05) is 30.6 Å². The maximum absolute atomic E-state index is 4.47. The fourth-order valence-electron chi connectivity index (χ4n) is 3.80. The van der Waals surface area contributed by atoms with Crippen molar-refractivity contribution in [3.05, 3.63) is 66.0 Å². The topological polar surface area (TPSA) is 41.1 Å². The highest BCUT2D eigenvalue weighted by atomic mass is 15.2. The second-order valence-corrected chi connectivity index (χ2v) is 6.91. The smallest absolute Gasteiger partial charge is 0.222 e. The van der Waals surface area contributed by atoms with E-state index in [4.69, 9.17) is 0 Å². The molecule has 1 aliphatic heterocycles. The number of nitrogens with zero attached hydrogens (tertiary/aromatic N) is 3. The van der Waals surface area contributed by atoms with Gasteiger partial charge in [-0.05, 0) is 30.2 Å². The molecule has 4 rings (SSSR count). The molecule has 1 saturated heterocycles. The lowest BCUT2D eigenvalue weighted by Gasteiger charge is -2.18. The van der Waals surface area contributed by atoms with Crippen LogP contribution in [0.1, 0.15) is 24.0 Å². The molecule has 124 valence electrons. The third-order valence-electron chi connectivity index (χ3n) is 5.10. The van der Waals surface area contributed by atoms with Crippen molar-refractivity contribution in [3.8, 4) is 0 Å². The van der Waals surface area contributed by atoms with Gasteiger partial charge in [-0.1, -0.05) is 42.5 Å². The van der Waals surface area contributed by atoms with E-state index in [9.17, 15) is 0 Å². The number of rotatable bonds is 5. The van der Waals surface area contributed by atoms with Gasteiger partial charge in [0.1, 0.15) is 0 Å². The average Bonchev–Trinajstić information content (AvgIpc) is 3.04. The predicted octanol–water partition coefficient (Wildman–Crippen LogP) is 3.49. The standard InChI is InChI=1S/C20H24N4/c1-2-6-16(7-3-1)10-21-20-22-11-17(12-23-20)13-24-14-18-8-4-5-9-19(18)15-24/h1-7,11-12,18-19H,8-10,13-15H2,(H,21,22,23)/t18-,19+. The summed E-state index contributed by atoms with van der Waals surface area (Å²) in [6.07, 6.45) is 11.1. The van der Waals surface area contributed by atoms with E-state index in [1.54, 1.807) is 0 Å². The van der Waals surface area contributed by atoms with Crippen molar-refractivity contribution in [2.24, 2.45) is 11.8 Å². The zero-order valence-corrected chi connectivity index (χ0v) is 13.9. The fourth-order valence-corrected chi connectivity index (χ4v) is 3.80. The predicted molar refractivity (Wildman–Crippen MR) is 96.4 cm³/mol. The second-order valence-electron chi connectivity index (χ2n) is 6.91. The van der Waals surface area contributed by atoms with Crippen molar-refractivity contribution >= 4 is 5.95 Å². The van der Waals surface area contributed by atoms with Crippen LogP contribution in [0.2, 0.25) is 0 Å². The lowest BCUT2D eigenvalue weighted by Crippen LogP contribution is -2.20. The summed E-state index contributed by atoms with van der Waals surface area (Å²) < 4.78 is 0. The summed E-state index contributed by atoms with van der Waals surface area (Å²) in [7, 11) is 0. The number of hydrogen-bond acceptors (Lipinski definition) is 4. The molecular formula is C20H24N4. The number of fused-ring (bicyclic) bond motifs is 1. The minimum atomic E-state index is 0.696. The molecule has 24 heavy (non-hydrogen) atoms. The van der Waals surface area contributed by atoms with Crippen molar-refractivity contribution in [2.45, 2.75) is 25.9 Å². The number of allylic oxidation sites excluding steroid dienone is 2. The van der Waals surface area contributed by atoms with E-state index in [0.29, 0.717) is 5.95 Å². The first-order valence-corrected chi connectivity index (χ1v) is 8.83. The van der Waals surface area contributed by atoms with Gasteiger partial charge in [0.05, 0.1) is 0 Å². The van der Waals surface area contributed by atoms with Gasteiger partial charge in [-0.2, -0.15) is 0 Å². The monoisotopic (exact) mass is 320 g/mol. The number of hydrogen-bond donors (Lipinski definition) is 1. The Bertz CT molecular complexity index is 665. The highest BCUT2D eigenvalue weighted by Crippen LogP contribution is 2.33. The highest BCUT2D eigenvalue weighted by molar-refractivity contribution is 5.28. The largest absolute Gasteiger partial charge is 0.350 e. The van der Waals surface area contributed by atoms with Crippen LogP contribution >= 0.6 is 0 Å². The van der Waals surface area contributed by atoms with Gasteiger partial charge in [0.2, 0.25) is 5.95 Å². The highest BCUT2D eigenvalue weighted by Gasteiger charge is 2.32. The lowest BCUT2D eigenvalue weighted by atomic mass is 9.86. The molecule has 0 bridgehead atoms. The number of likely N-dealkylation sites (tertiary alicyclic amines) is 1. The molecule has 1 aliphatic carbocycles. The summed E-state index contributed by atoms with van der Waals surface area (Å²) in [5.74, 6) is 2.40. The zero-order chi connectivity index (χ0) is 16.2. The first kappa shape index (κ1) is 15.3. The second kappa shape index (κ2) is 7.14. The fraction of sp³-hybridized carbons (Fsp3) is 0.400. The van der Waals surface area contributed by atoms with E-state index in [1.165, 1.54) is 37.1 Å². The minimum absolute atomic E-state index is 0.696. The van der Waals surface area contributed by atoms with Crippen molar-refractivity contribution in [2.75, 3.05) is 18.4 Å². The third kappa shape index (κ3) is 3.65. The Labute approximate surface area is 143 Å². The SMILES string of the molecule is C1=CC[C@H]2CN(Cc3cnc(NCc4ccccc4)nc3)C[C@H]2C1. The van der Waals surface area contributed by atoms with Crippen molar-refractivity contribution in [1.29, 1.82) is 0 Å². The van der Waals surface area contributed by atoms with Crippen molar-refractivity contribution in [1.82, 2.24) is 14.9 Å². The average molecular weight is 320 g/mol. The van der Waals surface area contributed by atoms with E-state index < -0.39 is 0 Å². The molecule has 0 radical (unpaired) electrons. The summed E-state index contributed by atoms with van der Waals surface area (Å²) in [6.45, 7) is 4.14. The van der Waals surface area contributed by atoms with E-state index in [0.717, 1.165) is 24.9 Å². The molecule has 2 aromatic rings. The molecule has 2 atom stereocenters. The zero-order valence-electron chi connectivity index (χ0n) is 13.9. The van der Waals surface area contributed by atoms with Crippen LogP contribution in [0, 0.1) is 11.8 Å². The molecule has 0 spiro atoms. The first-order valence-electron chi connectivity index (χ1n) is 8.83. The Kier molecular flexibility index (Phi) is 4.56. The van der Waals surface area contributed by atoms with Gasteiger partial charge in [-0.3, -0.25) is 4.90 Å². The Morgan fingerprint density at radius 2 is 1.58 bits per heavy atom. The summed E-state index contributed by atoms with van der Waals surface area (Å²) in [5, 5.41) is 3.28.